The fourth-order valence-corrected chi connectivity index (χ4v) is 5.72. The SMILES string of the molecule is O=c1/c(=C/c2cn(-c3ccccc3)nc2-c2ccc(OCc3ccc(Cl)cc3)cc2)sc2nc(/C=C/c3ccc(F)cc3)nn12. The molecule has 0 aliphatic carbocycles. The summed E-state index contributed by atoms with van der Waals surface area (Å²) in [5.41, 5.74) is 4.79. The molecule has 0 aliphatic heterocycles. The summed E-state index contributed by atoms with van der Waals surface area (Å²) in [6.45, 7) is 0.419. The van der Waals surface area contributed by atoms with E-state index in [1.807, 2.05) is 91.1 Å². The predicted octanol–water partition coefficient (Wildman–Crippen LogP) is 7.09. The van der Waals surface area contributed by atoms with Crippen molar-refractivity contribution in [3.05, 3.63) is 158 Å². The van der Waals surface area contributed by atoms with E-state index in [-0.39, 0.29) is 11.4 Å². The van der Waals surface area contributed by atoms with E-state index in [1.54, 1.807) is 29.0 Å². The molecular formula is C35H23ClFN5O2S. The van der Waals surface area contributed by atoms with Crippen molar-refractivity contribution in [2.45, 2.75) is 6.61 Å². The van der Waals surface area contributed by atoms with Gasteiger partial charge >= 0.3 is 0 Å². The molecule has 45 heavy (non-hydrogen) atoms. The van der Waals surface area contributed by atoms with Gasteiger partial charge in [0.15, 0.2) is 5.82 Å². The predicted molar refractivity (Wildman–Crippen MR) is 176 cm³/mol. The van der Waals surface area contributed by atoms with Gasteiger partial charge in [0.2, 0.25) is 4.96 Å². The van der Waals surface area contributed by atoms with Crippen LogP contribution in [0, 0.1) is 5.82 Å². The van der Waals surface area contributed by atoms with Crippen molar-refractivity contribution in [3.63, 3.8) is 0 Å². The van der Waals surface area contributed by atoms with E-state index in [0.29, 0.717) is 32.6 Å². The molecule has 0 saturated carbocycles. The molecule has 3 heterocycles. The zero-order valence-electron chi connectivity index (χ0n) is 23.5. The fourth-order valence-electron chi connectivity index (χ4n) is 4.69. The number of hydrogen-bond acceptors (Lipinski definition) is 6. The van der Waals surface area contributed by atoms with Gasteiger partial charge in [-0.2, -0.15) is 14.6 Å². The molecule has 0 atom stereocenters. The van der Waals surface area contributed by atoms with Gasteiger partial charge in [0.05, 0.1) is 10.2 Å². The minimum absolute atomic E-state index is 0.270. The van der Waals surface area contributed by atoms with Crippen LogP contribution in [-0.2, 0) is 6.61 Å². The number of nitrogens with zero attached hydrogens (tertiary/aromatic N) is 5. The molecule has 0 N–H and O–H groups in total. The smallest absolute Gasteiger partial charge is 0.291 e. The van der Waals surface area contributed by atoms with Gasteiger partial charge in [0.1, 0.15) is 23.9 Å². The zero-order valence-corrected chi connectivity index (χ0v) is 25.1. The van der Waals surface area contributed by atoms with Crippen LogP contribution in [0.15, 0.2) is 114 Å². The number of hydrogen-bond donors (Lipinski definition) is 0. The van der Waals surface area contributed by atoms with Gasteiger partial charge in [-0.3, -0.25) is 4.79 Å². The van der Waals surface area contributed by atoms with Gasteiger partial charge in [-0.05, 0) is 83.9 Å². The second kappa shape index (κ2) is 12.3. The Morgan fingerprint density at radius 1 is 0.867 bits per heavy atom. The molecule has 0 radical (unpaired) electrons. The zero-order chi connectivity index (χ0) is 30.8. The van der Waals surface area contributed by atoms with Crippen LogP contribution in [0.1, 0.15) is 22.5 Å². The number of rotatable bonds is 8. The normalized spacial score (nSPS) is 12.0. The van der Waals surface area contributed by atoms with E-state index in [2.05, 4.69) is 10.1 Å². The van der Waals surface area contributed by atoms with Crippen LogP contribution in [-0.4, -0.2) is 24.4 Å². The Balaban J connectivity index is 1.20. The summed E-state index contributed by atoms with van der Waals surface area (Å²) in [5.74, 6) is 0.810. The molecule has 7 aromatic rings. The monoisotopic (exact) mass is 631 g/mol. The van der Waals surface area contributed by atoms with E-state index in [9.17, 15) is 9.18 Å². The van der Waals surface area contributed by atoms with Crippen molar-refractivity contribution in [2.75, 3.05) is 0 Å². The first-order valence-electron chi connectivity index (χ1n) is 14.0. The second-order valence-electron chi connectivity index (χ2n) is 10.1. The third-order valence-corrected chi connectivity index (χ3v) is 8.20. The summed E-state index contributed by atoms with van der Waals surface area (Å²) in [5, 5.41) is 9.94. The number of aromatic nitrogens is 5. The standard InChI is InChI=1S/C35H23ClFN5O2S/c36-27-13-6-24(7-14-27)22-44-30-17-11-25(12-18-30)33-26(21-41(40-33)29-4-2-1-3-5-29)20-31-34(43)42-35(45-31)38-32(39-42)19-10-23-8-15-28(37)16-9-23/h1-21H,22H2/b19-10+,31-20-. The Morgan fingerprint density at radius 2 is 1.62 bits per heavy atom. The molecule has 4 aromatic carbocycles. The number of fused-ring (bicyclic) bond motifs is 1. The van der Waals surface area contributed by atoms with E-state index < -0.39 is 0 Å². The van der Waals surface area contributed by atoms with Crippen molar-refractivity contribution in [2.24, 2.45) is 0 Å². The molecule has 0 unspecified atom stereocenters. The van der Waals surface area contributed by atoms with Crippen molar-refractivity contribution in [3.8, 4) is 22.7 Å². The Labute approximate surface area is 265 Å². The maximum absolute atomic E-state index is 13.4. The topological polar surface area (TPSA) is 74.3 Å². The Morgan fingerprint density at radius 3 is 2.36 bits per heavy atom. The van der Waals surface area contributed by atoms with Crippen LogP contribution in [0.5, 0.6) is 5.75 Å². The quantitative estimate of drug-likeness (QED) is 0.179. The first-order chi connectivity index (χ1) is 22.0. The van der Waals surface area contributed by atoms with Crippen molar-refractivity contribution >= 4 is 46.1 Å². The molecule has 0 aliphatic rings. The second-order valence-corrected chi connectivity index (χ2v) is 11.6. The lowest BCUT2D eigenvalue weighted by Gasteiger charge is -2.07. The lowest BCUT2D eigenvalue weighted by atomic mass is 10.1. The maximum Gasteiger partial charge on any atom is 0.291 e. The molecule has 0 spiro atoms. The highest BCUT2D eigenvalue weighted by atomic mass is 35.5. The van der Waals surface area contributed by atoms with Crippen LogP contribution >= 0.6 is 22.9 Å². The average molecular weight is 632 g/mol. The lowest BCUT2D eigenvalue weighted by Crippen LogP contribution is -2.23. The number of halogens is 2. The Bertz CT molecular complexity index is 2240. The third-order valence-electron chi connectivity index (χ3n) is 6.99. The summed E-state index contributed by atoms with van der Waals surface area (Å²) in [4.78, 5) is 18.3. The first-order valence-corrected chi connectivity index (χ1v) is 15.2. The van der Waals surface area contributed by atoms with Crippen molar-refractivity contribution in [1.29, 1.82) is 0 Å². The molecule has 0 fully saturated rings. The summed E-state index contributed by atoms with van der Waals surface area (Å²) < 4.78 is 22.7. The van der Waals surface area contributed by atoms with Gasteiger partial charge in [-0.25, -0.2) is 9.07 Å². The molecule has 0 saturated heterocycles. The number of para-hydroxylation sites is 1. The molecule has 0 amide bonds. The molecule has 220 valence electrons. The van der Waals surface area contributed by atoms with Crippen molar-refractivity contribution in [1.82, 2.24) is 24.4 Å². The molecule has 7 rings (SSSR count). The summed E-state index contributed by atoms with van der Waals surface area (Å²) in [7, 11) is 0. The first kappa shape index (κ1) is 28.4. The number of thiazole rings is 1. The molecule has 0 bridgehead atoms. The highest BCUT2D eigenvalue weighted by Crippen LogP contribution is 2.27. The van der Waals surface area contributed by atoms with E-state index >= 15 is 0 Å². The Kier molecular flexibility index (Phi) is 7.77. The van der Waals surface area contributed by atoms with Gasteiger partial charge in [0.25, 0.3) is 5.56 Å². The van der Waals surface area contributed by atoms with Crippen LogP contribution < -0.4 is 14.8 Å². The molecule has 7 nitrogen and oxygen atoms in total. The minimum atomic E-state index is -0.304. The van der Waals surface area contributed by atoms with Gasteiger partial charge in [-0.15, -0.1) is 5.10 Å². The third kappa shape index (κ3) is 6.31. The summed E-state index contributed by atoms with van der Waals surface area (Å²) >= 11 is 7.24. The Hall–Kier alpha value is -5.38. The summed E-state index contributed by atoms with van der Waals surface area (Å²) in [6.07, 6.45) is 7.20. The highest BCUT2D eigenvalue weighted by Gasteiger charge is 2.14. The fraction of sp³-hybridized carbons (Fsp3) is 0.0286. The highest BCUT2D eigenvalue weighted by molar-refractivity contribution is 7.15. The van der Waals surface area contributed by atoms with Crippen LogP contribution in [0.25, 0.3) is 40.1 Å². The summed E-state index contributed by atoms with van der Waals surface area (Å²) in [6, 6.07) is 31.1. The van der Waals surface area contributed by atoms with Crippen molar-refractivity contribution < 1.29 is 9.13 Å². The van der Waals surface area contributed by atoms with Crippen LogP contribution in [0.4, 0.5) is 4.39 Å². The van der Waals surface area contributed by atoms with Gasteiger partial charge in [0, 0.05) is 22.3 Å². The van der Waals surface area contributed by atoms with E-state index in [1.165, 1.54) is 28.0 Å². The molecule has 3 aromatic heterocycles. The van der Waals surface area contributed by atoms with E-state index in [4.69, 9.17) is 21.4 Å². The maximum atomic E-state index is 13.4. The number of benzene rings is 4. The average Bonchev–Trinajstić information content (AvgIpc) is 3.76. The van der Waals surface area contributed by atoms with Crippen LogP contribution in [0.2, 0.25) is 5.02 Å². The largest absolute Gasteiger partial charge is 0.489 e. The van der Waals surface area contributed by atoms with Gasteiger partial charge in [-0.1, -0.05) is 71.5 Å². The molecular weight excluding hydrogens is 609 g/mol. The number of ether oxygens (including phenoxy) is 1. The van der Waals surface area contributed by atoms with Gasteiger partial charge < -0.3 is 4.74 Å². The van der Waals surface area contributed by atoms with Crippen LogP contribution in [0.3, 0.4) is 0 Å². The minimum Gasteiger partial charge on any atom is -0.489 e. The van der Waals surface area contributed by atoms with E-state index in [0.717, 1.165) is 33.7 Å². The molecule has 10 heteroatoms. The lowest BCUT2D eigenvalue weighted by molar-refractivity contribution is 0.306.